The molecule has 3 aromatic carbocycles. The number of anilines is 1. The molecule has 1 aromatic heterocycles. The minimum atomic E-state index is -0.161. The van der Waals surface area contributed by atoms with Gasteiger partial charge in [-0.3, -0.25) is 9.59 Å². The largest absolute Gasteiger partial charge is 0.338 e. The molecule has 0 aliphatic rings. The van der Waals surface area contributed by atoms with E-state index in [1.807, 2.05) is 49.4 Å². The van der Waals surface area contributed by atoms with Gasteiger partial charge in [-0.2, -0.15) is 0 Å². The molecule has 27 heavy (non-hydrogen) atoms. The lowest BCUT2D eigenvalue weighted by Crippen LogP contribution is -2.11. The zero-order chi connectivity index (χ0) is 18.8. The molecule has 0 spiro atoms. The Morgan fingerprint density at radius 2 is 1.74 bits per heavy atom. The zero-order valence-electron chi connectivity index (χ0n) is 14.7. The number of nitrogens with zero attached hydrogens (tertiary/aromatic N) is 1. The van der Waals surface area contributed by atoms with Gasteiger partial charge in [0, 0.05) is 22.4 Å². The summed E-state index contributed by atoms with van der Waals surface area (Å²) in [5.41, 5.74) is 5.53. The Morgan fingerprint density at radius 1 is 1.00 bits per heavy atom. The summed E-state index contributed by atoms with van der Waals surface area (Å²) in [6.45, 7) is 2.00. The van der Waals surface area contributed by atoms with Crippen molar-refractivity contribution in [1.29, 1.82) is 0 Å². The van der Waals surface area contributed by atoms with Crippen LogP contribution in [-0.2, 0) is 0 Å². The molecule has 0 bridgehead atoms. The Balaban J connectivity index is 1.55. The van der Waals surface area contributed by atoms with Gasteiger partial charge in [0.2, 0.25) is 0 Å². The number of hydrogen-bond acceptors (Lipinski definition) is 3. The summed E-state index contributed by atoms with van der Waals surface area (Å²) in [4.78, 5) is 31.0. The van der Waals surface area contributed by atoms with Gasteiger partial charge in [0.05, 0.1) is 11.0 Å². The van der Waals surface area contributed by atoms with Crippen molar-refractivity contribution in [3.8, 4) is 11.4 Å². The fraction of sp³-hybridized carbons (Fsp3) is 0.0455. The van der Waals surface area contributed by atoms with Crippen molar-refractivity contribution in [3.05, 3.63) is 83.4 Å². The summed E-state index contributed by atoms with van der Waals surface area (Å²) in [6.07, 6.45) is 0.807. The number of imidazole rings is 1. The smallest absolute Gasteiger partial charge is 0.255 e. The second-order valence-corrected chi connectivity index (χ2v) is 6.38. The first-order valence-corrected chi connectivity index (χ1v) is 8.56. The third kappa shape index (κ3) is 3.48. The van der Waals surface area contributed by atoms with Crippen LogP contribution in [0.3, 0.4) is 0 Å². The standard InChI is InChI=1S/C22H17N3O2/c1-14-2-9-18(10-3-14)23-22(27)17-7-5-16(6-8-17)21-24-19-11-4-15(13-26)12-20(19)25-21/h2-13H,1H3,(H,23,27)(H,24,25). The first kappa shape index (κ1) is 16.7. The Hall–Kier alpha value is -3.73. The van der Waals surface area contributed by atoms with Crippen LogP contribution in [-0.4, -0.2) is 22.2 Å². The Labute approximate surface area is 156 Å². The maximum atomic E-state index is 12.4. The summed E-state index contributed by atoms with van der Waals surface area (Å²) < 4.78 is 0. The number of carbonyl (C=O) groups is 2. The first-order valence-electron chi connectivity index (χ1n) is 8.56. The van der Waals surface area contributed by atoms with Gasteiger partial charge in [-0.1, -0.05) is 29.8 Å². The molecule has 5 heteroatoms. The normalized spacial score (nSPS) is 10.7. The number of benzene rings is 3. The van der Waals surface area contributed by atoms with E-state index in [4.69, 9.17) is 0 Å². The lowest BCUT2D eigenvalue weighted by molar-refractivity contribution is 0.102. The van der Waals surface area contributed by atoms with E-state index in [-0.39, 0.29) is 5.91 Å². The van der Waals surface area contributed by atoms with Crippen LogP contribution in [0.1, 0.15) is 26.3 Å². The van der Waals surface area contributed by atoms with E-state index < -0.39 is 0 Å². The predicted molar refractivity (Wildman–Crippen MR) is 106 cm³/mol. The minimum absolute atomic E-state index is 0.161. The average Bonchev–Trinajstić information content (AvgIpc) is 3.13. The summed E-state index contributed by atoms with van der Waals surface area (Å²) in [6, 6.07) is 20.2. The van der Waals surface area contributed by atoms with E-state index in [1.165, 1.54) is 0 Å². The molecule has 0 atom stereocenters. The average molecular weight is 355 g/mol. The van der Waals surface area contributed by atoms with E-state index >= 15 is 0 Å². The van der Waals surface area contributed by atoms with Crippen LogP contribution in [0.5, 0.6) is 0 Å². The molecule has 132 valence electrons. The number of nitrogens with one attached hydrogen (secondary N) is 2. The van der Waals surface area contributed by atoms with Crippen LogP contribution in [0.2, 0.25) is 0 Å². The fourth-order valence-electron chi connectivity index (χ4n) is 2.86. The number of aryl methyl sites for hydroxylation is 1. The molecule has 0 aliphatic carbocycles. The lowest BCUT2D eigenvalue weighted by Gasteiger charge is -2.06. The highest BCUT2D eigenvalue weighted by atomic mass is 16.1. The molecular formula is C22H17N3O2. The Bertz CT molecular complexity index is 1130. The Kier molecular flexibility index (Phi) is 4.26. The molecule has 4 aromatic rings. The number of aromatic nitrogens is 2. The van der Waals surface area contributed by atoms with Crippen molar-refractivity contribution in [1.82, 2.24) is 9.97 Å². The van der Waals surface area contributed by atoms with Crippen LogP contribution < -0.4 is 5.32 Å². The van der Waals surface area contributed by atoms with Crippen molar-refractivity contribution in [3.63, 3.8) is 0 Å². The fourth-order valence-corrected chi connectivity index (χ4v) is 2.86. The SMILES string of the molecule is Cc1ccc(NC(=O)c2ccc(-c3nc4ccc(C=O)cc4[nH]3)cc2)cc1. The van der Waals surface area contributed by atoms with Crippen molar-refractivity contribution < 1.29 is 9.59 Å². The van der Waals surface area contributed by atoms with Crippen molar-refractivity contribution in [2.75, 3.05) is 5.32 Å². The van der Waals surface area contributed by atoms with E-state index in [2.05, 4.69) is 15.3 Å². The third-order valence-corrected chi connectivity index (χ3v) is 4.37. The predicted octanol–water partition coefficient (Wildman–Crippen LogP) is 4.60. The lowest BCUT2D eigenvalue weighted by atomic mass is 10.1. The highest BCUT2D eigenvalue weighted by Crippen LogP contribution is 2.22. The van der Waals surface area contributed by atoms with Gasteiger partial charge < -0.3 is 10.3 Å². The molecule has 5 nitrogen and oxygen atoms in total. The number of fused-ring (bicyclic) bond motifs is 1. The second kappa shape index (κ2) is 6.88. The van der Waals surface area contributed by atoms with Crippen LogP contribution in [0.25, 0.3) is 22.4 Å². The van der Waals surface area contributed by atoms with E-state index in [0.717, 1.165) is 34.1 Å². The van der Waals surface area contributed by atoms with Crippen molar-refractivity contribution in [2.45, 2.75) is 6.92 Å². The van der Waals surface area contributed by atoms with Gasteiger partial charge in [-0.25, -0.2) is 4.98 Å². The number of amides is 1. The molecule has 4 rings (SSSR count). The van der Waals surface area contributed by atoms with Crippen molar-refractivity contribution in [2.24, 2.45) is 0 Å². The van der Waals surface area contributed by atoms with Gasteiger partial charge >= 0.3 is 0 Å². The number of H-pyrrole nitrogens is 1. The summed E-state index contributed by atoms with van der Waals surface area (Å²) in [7, 11) is 0. The van der Waals surface area contributed by atoms with Gasteiger partial charge in [-0.15, -0.1) is 0 Å². The maximum absolute atomic E-state index is 12.4. The number of aldehydes is 1. The number of rotatable bonds is 4. The zero-order valence-corrected chi connectivity index (χ0v) is 14.7. The van der Waals surface area contributed by atoms with Crippen LogP contribution in [0.4, 0.5) is 5.69 Å². The molecule has 0 saturated heterocycles. The molecule has 0 aliphatic heterocycles. The van der Waals surface area contributed by atoms with Crippen LogP contribution in [0.15, 0.2) is 66.7 Å². The van der Waals surface area contributed by atoms with Crippen LogP contribution >= 0.6 is 0 Å². The molecular weight excluding hydrogens is 338 g/mol. The van der Waals surface area contributed by atoms with Crippen molar-refractivity contribution >= 4 is 28.9 Å². The maximum Gasteiger partial charge on any atom is 0.255 e. The molecule has 1 heterocycles. The quantitative estimate of drug-likeness (QED) is 0.525. The third-order valence-electron chi connectivity index (χ3n) is 4.37. The van der Waals surface area contributed by atoms with E-state index in [1.54, 1.807) is 24.3 Å². The van der Waals surface area contributed by atoms with E-state index in [0.29, 0.717) is 17.0 Å². The summed E-state index contributed by atoms with van der Waals surface area (Å²) >= 11 is 0. The number of carbonyl (C=O) groups excluding carboxylic acids is 2. The van der Waals surface area contributed by atoms with Gasteiger partial charge in [0.25, 0.3) is 5.91 Å². The summed E-state index contributed by atoms with van der Waals surface area (Å²) in [5, 5.41) is 2.88. The van der Waals surface area contributed by atoms with E-state index in [9.17, 15) is 9.59 Å². The molecule has 0 radical (unpaired) electrons. The highest BCUT2D eigenvalue weighted by molar-refractivity contribution is 6.04. The molecule has 1 amide bonds. The minimum Gasteiger partial charge on any atom is -0.338 e. The number of hydrogen-bond donors (Lipinski definition) is 2. The highest BCUT2D eigenvalue weighted by Gasteiger charge is 2.09. The first-order chi connectivity index (χ1) is 13.1. The molecule has 0 unspecified atom stereocenters. The van der Waals surface area contributed by atoms with Gasteiger partial charge in [0.15, 0.2) is 0 Å². The molecule has 0 fully saturated rings. The van der Waals surface area contributed by atoms with Crippen LogP contribution in [0, 0.1) is 6.92 Å². The number of aromatic amines is 1. The Morgan fingerprint density at radius 3 is 2.44 bits per heavy atom. The monoisotopic (exact) mass is 355 g/mol. The van der Waals surface area contributed by atoms with Gasteiger partial charge in [0.1, 0.15) is 12.1 Å². The summed E-state index contributed by atoms with van der Waals surface area (Å²) in [5.74, 6) is 0.532. The van der Waals surface area contributed by atoms with Gasteiger partial charge in [-0.05, 0) is 49.4 Å². The molecule has 0 saturated carbocycles. The second-order valence-electron chi connectivity index (χ2n) is 6.38. The molecule has 2 N–H and O–H groups in total. The topological polar surface area (TPSA) is 74.8 Å².